The highest BCUT2D eigenvalue weighted by atomic mass is 16.5. The van der Waals surface area contributed by atoms with Crippen molar-refractivity contribution in [2.45, 2.75) is 33.8 Å². The monoisotopic (exact) mass is 459 g/mol. The smallest absolute Gasteiger partial charge is 0.250 e. The fourth-order valence-electron chi connectivity index (χ4n) is 4.16. The zero-order valence-electron chi connectivity index (χ0n) is 20.8. The van der Waals surface area contributed by atoms with Crippen LogP contribution in [0.5, 0.6) is 0 Å². The summed E-state index contributed by atoms with van der Waals surface area (Å²) in [4.78, 5) is 17.2. The summed E-state index contributed by atoms with van der Waals surface area (Å²) in [5.41, 5.74) is 5.19. The summed E-state index contributed by atoms with van der Waals surface area (Å²) in [7, 11) is 0. The van der Waals surface area contributed by atoms with Gasteiger partial charge in [0.15, 0.2) is 0 Å². The van der Waals surface area contributed by atoms with Gasteiger partial charge in [-0.25, -0.2) is 0 Å². The van der Waals surface area contributed by atoms with Crippen molar-refractivity contribution in [2.24, 2.45) is 0 Å². The molecule has 0 atom stereocenters. The molecule has 0 aliphatic carbocycles. The van der Waals surface area contributed by atoms with E-state index in [2.05, 4.69) is 91.3 Å². The van der Waals surface area contributed by atoms with Gasteiger partial charge in [-0.05, 0) is 75.2 Å². The topological polar surface area (TPSA) is 44.8 Å². The lowest BCUT2D eigenvalue weighted by Crippen LogP contribution is -2.22. The molecule has 1 amide bonds. The van der Waals surface area contributed by atoms with Gasteiger partial charge in [0, 0.05) is 43.2 Å². The third kappa shape index (κ3) is 6.61. The van der Waals surface area contributed by atoms with Crippen molar-refractivity contribution in [3.05, 3.63) is 90.0 Å². The van der Waals surface area contributed by atoms with Crippen molar-refractivity contribution < 1.29 is 9.53 Å². The highest BCUT2D eigenvalue weighted by Crippen LogP contribution is 2.29. The van der Waals surface area contributed by atoms with E-state index in [4.69, 9.17) is 4.74 Å². The molecule has 34 heavy (non-hydrogen) atoms. The van der Waals surface area contributed by atoms with Gasteiger partial charge < -0.3 is 19.9 Å². The molecule has 0 aliphatic heterocycles. The molecule has 3 rings (SSSR count). The zero-order valence-corrected chi connectivity index (χ0v) is 20.8. The lowest BCUT2D eigenvalue weighted by Gasteiger charge is -2.24. The molecule has 0 saturated carbocycles. The van der Waals surface area contributed by atoms with Crippen LogP contribution in [0.1, 0.15) is 44.9 Å². The standard InChI is InChI=1S/C29H37N3O2/c1-5-31(6-2)26-18-14-23(15-19-26)29(24-16-20-27(21-17-24)32(7-3)8-4)34-22-28(33)30-25-12-10-9-11-13-25/h9-21,29H,5-8,22H2,1-4H3,(H,30,33). The number of nitrogens with one attached hydrogen (secondary N) is 1. The fraction of sp³-hybridized carbons (Fsp3) is 0.345. The van der Waals surface area contributed by atoms with E-state index >= 15 is 0 Å². The number of hydrogen-bond acceptors (Lipinski definition) is 4. The van der Waals surface area contributed by atoms with E-state index in [9.17, 15) is 4.79 Å². The number of rotatable bonds is 12. The molecular formula is C29H37N3O2. The van der Waals surface area contributed by atoms with E-state index in [-0.39, 0.29) is 18.6 Å². The number of carbonyl (C=O) groups excluding carboxylic acids is 1. The van der Waals surface area contributed by atoms with Crippen molar-refractivity contribution in [1.29, 1.82) is 0 Å². The quantitative estimate of drug-likeness (QED) is 0.354. The van der Waals surface area contributed by atoms with Crippen LogP contribution in [0.3, 0.4) is 0 Å². The van der Waals surface area contributed by atoms with Crippen LogP contribution in [0.25, 0.3) is 0 Å². The highest BCUT2D eigenvalue weighted by molar-refractivity contribution is 5.91. The molecule has 0 fully saturated rings. The molecule has 0 radical (unpaired) electrons. The Morgan fingerprint density at radius 2 is 1.15 bits per heavy atom. The second-order valence-electron chi connectivity index (χ2n) is 8.13. The predicted molar refractivity (Wildman–Crippen MR) is 143 cm³/mol. The van der Waals surface area contributed by atoms with E-state index in [0.717, 1.165) is 43.0 Å². The average Bonchev–Trinajstić information content (AvgIpc) is 2.88. The van der Waals surface area contributed by atoms with Crippen LogP contribution in [0, 0.1) is 0 Å². The summed E-state index contributed by atoms with van der Waals surface area (Å²) >= 11 is 0. The lowest BCUT2D eigenvalue weighted by atomic mass is 10.00. The number of para-hydroxylation sites is 1. The first-order chi connectivity index (χ1) is 16.6. The Bertz CT molecular complexity index is 940. The number of amides is 1. The number of carbonyl (C=O) groups is 1. The minimum Gasteiger partial charge on any atom is -0.372 e. The van der Waals surface area contributed by atoms with E-state index in [1.54, 1.807) is 0 Å². The third-order valence-corrected chi connectivity index (χ3v) is 6.09. The van der Waals surface area contributed by atoms with Crippen molar-refractivity contribution in [2.75, 3.05) is 47.9 Å². The van der Waals surface area contributed by atoms with E-state index < -0.39 is 0 Å². The maximum atomic E-state index is 12.6. The van der Waals surface area contributed by atoms with Gasteiger partial charge in [0.25, 0.3) is 0 Å². The summed E-state index contributed by atoms with van der Waals surface area (Å²) < 4.78 is 6.22. The SMILES string of the molecule is CCN(CC)c1ccc(C(OCC(=O)Nc2ccccc2)c2ccc(N(CC)CC)cc2)cc1. The van der Waals surface area contributed by atoms with Gasteiger partial charge in [-0.3, -0.25) is 4.79 Å². The zero-order chi connectivity index (χ0) is 24.3. The predicted octanol–water partition coefficient (Wildman–Crippen LogP) is 6.12. The third-order valence-electron chi connectivity index (χ3n) is 6.09. The summed E-state index contributed by atoms with van der Waals surface area (Å²) in [6.07, 6.45) is -0.335. The number of benzene rings is 3. The first-order valence-electron chi connectivity index (χ1n) is 12.3. The Hall–Kier alpha value is -3.31. The summed E-state index contributed by atoms with van der Waals surface area (Å²) in [5.74, 6) is -0.171. The summed E-state index contributed by atoms with van der Waals surface area (Å²) in [5, 5.41) is 2.90. The van der Waals surface area contributed by atoms with Crippen molar-refractivity contribution in [1.82, 2.24) is 0 Å². The first kappa shape index (κ1) is 25.3. The van der Waals surface area contributed by atoms with Crippen molar-refractivity contribution >= 4 is 23.0 Å². The molecule has 0 heterocycles. The minimum absolute atomic E-state index is 0.0326. The van der Waals surface area contributed by atoms with Gasteiger partial charge in [-0.1, -0.05) is 42.5 Å². The van der Waals surface area contributed by atoms with Gasteiger partial charge >= 0.3 is 0 Å². The molecule has 3 aromatic carbocycles. The van der Waals surface area contributed by atoms with Gasteiger partial charge in [0.1, 0.15) is 12.7 Å². The Labute approximate surface area is 204 Å². The second-order valence-corrected chi connectivity index (χ2v) is 8.13. The van der Waals surface area contributed by atoms with Gasteiger partial charge in [-0.2, -0.15) is 0 Å². The maximum Gasteiger partial charge on any atom is 0.250 e. The molecule has 180 valence electrons. The van der Waals surface area contributed by atoms with Crippen molar-refractivity contribution in [3.8, 4) is 0 Å². The Morgan fingerprint density at radius 1 is 0.706 bits per heavy atom. The molecule has 3 aromatic rings. The van der Waals surface area contributed by atoms with Crippen LogP contribution in [0.15, 0.2) is 78.9 Å². The summed E-state index contributed by atoms with van der Waals surface area (Å²) in [6, 6.07) is 26.4. The molecule has 1 N–H and O–H groups in total. The number of anilines is 3. The Kier molecular flexibility index (Phi) is 9.53. The van der Waals surface area contributed by atoms with Crippen LogP contribution in [0.4, 0.5) is 17.1 Å². The second kappa shape index (κ2) is 12.8. The molecule has 5 heteroatoms. The number of nitrogens with zero attached hydrogens (tertiary/aromatic N) is 2. The van der Waals surface area contributed by atoms with E-state index in [1.807, 2.05) is 30.3 Å². The largest absolute Gasteiger partial charge is 0.372 e. The molecular weight excluding hydrogens is 422 g/mol. The fourth-order valence-corrected chi connectivity index (χ4v) is 4.16. The number of ether oxygens (including phenoxy) is 1. The van der Waals surface area contributed by atoms with Crippen LogP contribution in [-0.4, -0.2) is 38.7 Å². The van der Waals surface area contributed by atoms with Crippen LogP contribution in [0.2, 0.25) is 0 Å². The minimum atomic E-state index is -0.335. The average molecular weight is 460 g/mol. The number of hydrogen-bond donors (Lipinski definition) is 1. The van der Waals surface area contributed by atoms with Gasteiger partial charge in [-0.15, -0.1) is 0 Å². The molecule has 0 aromatic heterocycles. The molecule has 0 saturated heterocycles. The molecule has 0 unspecified atom stereocenters. The normalized spacial score (nSPS) is 10.9. The van der Waals surface area contributed by atoms with Crippen molar-refractivity contribution in [3.63, 3.8) is 0 Å². The summed E-state index contributed by atoms with van der Waals surface area (Å²) in [6.45, 7) is 12.4. The van der Waals surface area contributed by atoms with Crippen LogP contribution in [-0.2, 0) is 9.53 Å². The Balaban J connectivity index is 1.81. The van der Waals surface area contributed by atoms with Gasteiger partial charge in [0.2, 0.25) is 5.91 Å². The van der Waals surface area contributed by atoms with Crippen LogP contribution < -0.4 is 15.1 Å². The Morgan fingerprint density at radius 3 is 1.56 bits per heavy atom. The molecule has 0 spiro atoms. The van der Waals surface area contributed by atoms with E-state index in [1.165, 1.54) is 11.4 Å². The van der Waals surface area contributed by atoms with E-state index in [0.29, 0.717) is 0 Å². The maximum absolute atomic E-state index is 12.6. The van der Waals surface area contributed by atoms with Crippen LogP contribution >= 0.6 is 0 Å². The highest BCUT2D eigenvalue weighted by Gasteiger charge is 2.18. The van der Waals surface area contributed by atoms with Gasteiger partial charge in [0.05, 0.1) is 0 Å². The first-order valence-corrected chi connectivity index (χ1v) is 12.3. The molecule has 5 nitrogen and oxygen atoms in total. The molecule has 0 aliphatic rings. The lowest BCUT2D eigenvalue weighted by molar-refractivity contribution is -0.121. The molecule has 0 bridgehead atoms.